The number of carbonyl (C=O) groups excluding carboxylic acids is 1. The van der Waals surface area contributed by atoms with Gasteiger partial charge in [-0.05, 0) is 62.1 Å². The quantitative estimate of drug-likeness (QED) is 0.680. The molecule has 2 aromatic rings. The fourth-order valence-electron chi connectivity index (χ4n) is 4.19. The summed E-state index contributed by atoms with van der Waals surface area (Å²) in [6.07, 6.45) is 2.38. The van der Waals surface area contributed by atoms with Gasteiger partial charge < -0.3 is 20.9 Å². The van der Waals surface area contributed by atoms with Crippen LogP contribution in [0.4, 0.5) is 17.1 Å². The standard InChI is InChI=1S/C24H34N4O/c1-4-28(21-13-15-27(16-14-21)17-18(2)3)20-11-9-19(10-12-20)24(29)26-23-8-6-5-7-22(23)25/h5-12,18,21H,4,13-17,25H2,1-3H3,(H,26,29). The lowest BCUT2D eigenvalue weighted by Crippen LogP contribution is -2.45. The Labute approximate surface area is 174 Å². The first-order chi connectivity index (χ1) is 14.0. The highest BCUT2D eigenvalue weighted by molar-refractivity contribution is 6.05. The van der Waals surface area contributed by atoms with E-state index in [0.717, 1.165) is 12.5 Å². The van der Waals surface area contributed by atoms with Crippen molar-refractivity contribution in [3.8, 4) is 0 Å². The Hall–Kier alpha value is -2.53. The van der Waals surface area contributed by atoms with Crippen LogP contribution in [0, 0.1) is 5.92 Å². The van der Waals surface area contributed by atoms with E-state index >= 15 is 0 Å². The smallest absolute Gasteiger partial charge is 0.255 e. The number of carbonyl (C=O) groups is 1. The monoisotopic (exact) mass is 394 g/mol. The van der Waals surface area contributed by atoms with Crippen molar-refractivity contribution in [3.05, 3.63) is 54.1 Å². The van der Waals surface area contributed by atoms with Crippen LogP contribution in [0.5, 0.6) is 0 Å². The Kier molecular flexibility index (Phi) is 7.15. The summed E-state index contributed by atoms with van der Waals surface area (Å²) in [6.45, 7) is 11.3. The number of benzene rings is 2. The fourth-order valence-corrected chi connectivity index (χ4v) is 4.19. The molecule has 0 aliphatic carbocycles. The molecular weight excluding hydrogens is 360 g/mol. The van der Waals surface area contributed by atoms with Crippen molar-refractivity contribution >= 4 is 23.0 Å². The predicted molar refractivity (Wildman–Crippen MR) is 123 cm³/mol. The van der Waals surface area contributed by atoms with Gasteiger partial charge in [-0.1, -0.05) is 26.0 Å². The number of rotatable bonds is 7. The zero-order valence-electron chi connectivity index (χ0n) is 17.9. The Morgan fingerprint density at radius 3 is 2.38 bits per heavy atom. The molecule has 0 unspecified atom stereocenters. The topological polar surface area (TPSA) is 61.6 Å². The van der Waals surface area contributed by atoms with Gasteiger partial charge in [0.1, 0.15) is 0 Å². The van der Waals surface area contributed by atoms with Crippen molar-refractivity contribution in [2.75, 3.05) is 42.1 Å². The molecule has 0 bridgehead atoms. The van der Waals surface area contributed by atoms with Crippen molar-refractivity contribution in [2.24, 2.45) is 5.92 Å². The van der Waals surface area contributed by atoms with Gasteiger partial charge in [0.15, 0.2) is 0 Å². The van der Waals surface area contributed by atoms with E-state index in [1.807, 2.05) is 30.3 Å². The second-order valence-corrected chi connectivity index (χ2v) is 8.30. The minimum absolute atomic E-state index is 0.139. The molecule has 1 saturated heterocycles. The second-order valence-electron chi connectivity index (χ2n) is 8.30. The van der Waals surface area contributed by atoms with Gasteiger partial charge in [0.05, 0.1) is 11.4 Å². The minimum Gasteiger partial charge on any atom is -0.397 e. The molecule has 0 radical (unpaired) electrons. The van der Waals surface area contributed by atoms with E-state index in [2.05, 4.69) is 48.0 Å². The van der Waals surface area contributed by atoms with Crippen LogP contribution in [0.1, 0.15) is 44.0 Å². The number of nitrogens with zero attached hydrogens (tertiary/aromatic N) is 2. The normalized spacial score (nSPS) is 15.4. The maximum atomic E-state index is 12.6. The summed E-state index contributed by atoms with van der Waals surface area (Å²) >= 11 is 0. The highest BCUT2D eigenvalue weighted by Crippen LogP contribution is 2.25. The van der Waals surface area contributed by atoms with Gasteiger partial charge in [-0.3, -0.25) is 4.79 Å². The minimum atomic E-state index is -0.139. The van der Waals surface area contributed by atoms with Crippen LogP contribution in [0.2, 0.25) is 0 Å². The zero-order valence-corrected chi connectivity index (χ0v) is 17.9. The third kappa shape index (κ3) is 5.51. The van der Waals surface area contributed by atoms with Gasteiger partial charge in [0, 0.05) is 43.5 Å². The molecule has 0 aromatic heterocycles. The molecule has 1 amide bonds. The van der Waals surface area contributed by atoms with E-state index in [4.69, 9.17) is 5.73 Å². The summed E-state index contributed by atoms with van der Waals surface area (Å²) in [5.41, 5.74) is 8.96. The SMILES string of the molecule is CCN(c1ccc(C(=O)Nc2ccccc2N)cc1)C1CCN(CC(C)C)CC1. The molecule has 29 heavy (non-hydrogen) atoms. The molecule has 0 atom stereocenters. The molecule has 1 heterocycles. The molecular formula is C24H34N4O. The summed E-state index contributed by atoms with van der Waals surface area (Å²) in [6, 6.07) is 15.8. The predicted octanol–water partition coefficient (Wildman–Crippen LogP) is 4.47. The number of likely N-dealkylation sites (tertiary alicyclic amines) is 1. The molecule has 1 fully saturated rings. The molecule has 1 aliphatic heterocycles. The summed E-state index contributed by atoms with van der Waals surface area (Å²) < 4.78 is 0. The number of nitrogens with two attached hydrogens (primary N) is 1. The number of nitrogens with one attached hydrogen (secondary N) is 1. The first-order valence-electron chi connectivity index (χ1n) is 10.7. The Morgan fingerprint density at radius 2 is 1.79 bits per heavy atom. The molecule has 1 aliphatic rings. The third-order valence-corrected chi connectivity index (χ3v) is 5.63. The summed E-state index contributed by atoms with van der Waals surface area (Å²) in [5, 5.41) is 2.89. The maximum absolute atomic E-state index is 12.6. The average molecular weight is 395 g/mol. The highest BCUT2D eigenvalue weighted by atomic mass is 16.1. The first-order valence-corrected chi connectivity index (χ1v) is 10.7. The highest BCUT2D eigenvalue weighted by Gasteiger charge is 2.24. The van der Waals surface area contributed by atoms with E-state index in [-0.39, 0.29) is 5.91 Å². The Balaban J connectivity index is 1.62. The summed E-state index contributed by atoms with van der Waals surface area (Å²) in [4.78, 5) is 17.6. The van der Waals surface area contributed by atoms with Crippen LogP contribution >= 0.6 is 0 Å². The van der Waals surface area contributed by atoms with Crippen molar-refractivity contribution in [2.45, 2.75) is 39.7 Å². The lowest BCUT2D eigenvalue weighted by molar-refractivity contribution is 0.102. The van der Waals surface area contributed by atoms with E-state index in [1.54, 1.807) is 6.07 Å². The number of anilines is 3. The summed E-state index contributed by atoms with van der Waals surface area (Å²) in [7, 11) is 0. The average Bonchev–Trinajstić information content (AvgIpc) is 2.71. The van der Waals surface area contributed by atoms with Crippen LogP contribution in [-0.4, -0.2) is 43.0 Å². The van der Waals surface area contributed by atoms with E-state index in [9.17, 15) is 4.79 Å². The number of nitrogen functional groups attached to an aromatic ring is 1. The van der Waals surface area contributed by atoms with Crippen molar-refractivity contribution < 1.29 is 4.79 Å². The number of amides is 1. The lowest BCUT2D eigenvalue weighted by Gasteiger charge is -2.40. The van der Waals surface area contributed by atoms with Crippen molar-refractivity contribution in [1.82, 2.24) is 4.90 Å². The van der Waals surface area contributed by atoms with Gasteiger partial charge >= 0.3 is 0 Å². The Morgan fingerprint density at radius 1 is 1.14 bits per heavy atom. The number of piperidine rings is 1. The third-order valence-electron chi connectivity index (χ3n) is 5.63. The largest absolute Gasteiger partial charge is 0.397 e. The molecule has 2 aromatic carbocycles. The molecule has 3 rings (SSSR count). The van der Waals surface area contributed by atoms with Crippen molar-refractivity contribution in [3.63, 3.8) is 0 Å². The Bertz CT molecular complexity index is 795. The van der Waals surface area contributed by atoms with Crippen molar-refractivity contribution in [1.29, 1.82) is 0 Å². The van der Waals surface area contributed by atoms with E-state index in [0.29, 0.717) is 23.0 Å². The van der Waals surface area contributed by atoms with Gasteiger partial charge in [-0.25, -0.2) is 0 Å². The van der Waals surface area contributed by atoms with E-state index < -0.39 is 0 Å². The number of para-hydroxylation sites is 2. The zero-order chi connectivity index (χ0) is 20.8. The molecule has 156 valence electrons. The second kappa shape index (κ2) is 9.79. The molecule has 0 saturated carbocycles. The number of hydrogen-bond acceptors (Lipinski definition) is 4. The van der Waals surface area contributed by atoms with E-state index in [1.165, 1.54) is 38.2 Å². The van der Waals surface area contributed by atoms with Gasteiger partial charge in [0.25, 0.3) is 5.91 Å². The first kappa shape index (κ1) is 21.2. The molecule has 3 N–H and O–H groups in total. The molecule has 0 spiro atoms. The van der Waals surface area contributed by atoms with Crippen LogP contribution in [-0.2, 0) is 0 Å². The van der Waals surface area contributed by atoms with Crippen LogP contribution in [0.3, 0.4) is 0 Å². The fraction of sp³-hybridized carbons (Fsp3) is 0.458. The van der Waals surface area contributed by atoms with Gasteiger partial charge in [-0.15, -0.1) is 0 Å². The molecule has 5 heteroatoms. The molecule has 5 nitrogen and oxygen atoms in total. The van der Waals surface area contributed by atoms with Gasteiger partial charge in [0.2, 0.25) is 0 Å². The maximum Gasteiger partial charge on any atom is 0.255 e. The van der Waals surface area contributed by atoms with Gasteiger partial charge in [-0.2, -0.15) is 0 Å². The van der Waals surface area contributed by atoms with Crippen LogP contribution < -0.4 is 16.0 Å². The lowest BCUT2D eigenvalue weighted by atomic mass is 10.0. The number of hydrogen-bond donors (Lipinski definition) is 2. The van der Waals surface area contributed by atoms with Crippen LogP contribution in [0.25, 0.3) is 0 Å². The summed E-state index contributed by atoms with van der Waals surface area (Å²) in [5.74, 6) is 0.582. The van der Waals surface area contributed by atoms with Crippen LogP contribution in [0.15, 0.2) is 48.5 Å².